The first-order chi connectivity index (χ1) is 12.4. The van der Waals surface area contributed by atoms with Crippen LogP contribution in [0.5, 0.6) is 0 Å². The van der Waals surface area contributed by atoms with Gasteiger partial charge in [-0.3, -0.25) is 4.79 Å². The summed E-state index contributed by atoms with van der Waals surface area (Å²) in [4.78, 5) is 24.7. The zero-order valence-corrected chi connectivity index (χ0v) is 16.4. The molecule has 1 heterocycles. The molecule has 3 aromatic rings. The number of halogens is 3. The lowest BCUT2D eigenvalue weighted by Crippen LogP contribution is -2.24. The molecular weight excluding hydrogens is 475 g/mol. The Morgan fingerprint density at radius 2 is 2.00 bits per heavy atom. The van der Waals surface area contributed by atoms with Gasteiger partial charge in [0.15, 0.2) is 0 Å². The van der Waals surface area contributed by atoms with Gasteiger partial charge >= 0.3 is 5.97 Å². The fourth-order valence-corrected chi connectivity index (χ4v) is 4.26. The number of fused-ring (bicyclic) bond motifs is 1. The summed E-state index contributed by atoms with van der Waals surface area (Å²) >= 11 is 3.03. The van der Waals surface area contributed by atoms with Crippen LogP contribution in [-0.2, 0) is 11.3 Å². The molecule has 4 nitrogen and oxygen atoms in total. The summed E-state index contributed by atoms with van der Waals surface area (Å²) in [5.41, 5.74) is 0.514. The minimum atomic E-state index is -0.602. The molecule has 134 valence electrons. The maximum absolute atomic E-state index is 14.3. The molecule has 0 fully saturated rings. The van der Waals surface area contributed by atoms with Crippen molar-refractivity contribution in [1.82, 2.24) is 5.32 Å². The third-order valence-electron chi connectivity index (χ3n) is 3.73. The van der Waals surface area contributed by atoms with Crippen molar-refractivity contribution in [1.29, 1.82) is 0 Å². The first-order valence-corrected chi connectivity index (χ1v) is 9.33. The summed E-state index contributed by atoms with van der Waals surface area (Å²) in [6.45, 7) is -0.0865. The average Bonchev–Trinajstić information content (AvgIpc) is 3.01. The Kier molecular flexibility index (Phi) is 5.52. The van der Waals surface area contributed by atoms with Gasteiger partial charge in [-0.1, -0.05) is 6.07 Å². The molecule has 0 aliphatic carbocycles. The van der Waals surface area contributed by atoms with Crippen LogP contribution < -0.4 is 5.32 Å². The number of methoxy groups -OCH3 is 1. The minimum Gasteiger partial charge on any atom is -0.465 e. The lowest BCUT2D eigenvalue weighted by Gasteiger charge is -2.08. The largest absolute Gasteiger partial charge is 0.465 e. The molecule has 0 aliphatic heterocycles. The van der Waals surface area contributed by atoms with Crippen molar-refractivity contribution >= 4 is 55.9 Å². The number of amides is 1. The van der Waals surface area contributed by atoms with E-state index in [1.54, 1.807) is 12.1 Å². The quantitative estimate of drug-likeness (QED) is 0.436. The molecule has 8 heteroatoms. The molecule has 0 saturated carbocycles. The van der Waals surface area contributed by atoms with Crippen molar-refractivity contribution in [2.24, 2.45) is 0 Å². The van der Waals surface area contributed by atoms with Gasteiger partial charge in [-0.15, -0.1) is 11.3 Å². The molecule has 1 aromatic heterocycles. The van der Waals surface area contributed by atoms with Gasteiger partial charge in [-0.2, -0.15) is 0 Å². The summed E-state index contributed by atoms with van der Waals surface area (Å²) in [6, 6.07) is 8.41. The van der Waals surface area contributed by atoms with Gasteiger partial charge in [-0.25, -0.2) is 13.6 Å². The van der Waals surface area contributed by atoms with Crippen LogP contribution in [0.15, 0.2) is 36.4 Å². The van der Waals surface area contributed by atoms with Crippen LogP contribution in [0.25, 0.3) is 10.1 Å². The number of hydrogen-bond donors (Lipinski definition) is 1. The monoisotopic (exact) mass is 487 g/mol. The van der Waals surface area contributed by atoms with E-state index in [9.17, 15) is 18.4 Å². The number of carbonyl (C=O) groups is 2. The summed E-state index contributed by atoms with van der Waals surface area (Å²) in [5.74, 6) is -2.13. The first-order valence-electron chi connectivity index (χ1n) is 7.43. The van der Waals surface area contributed by atoms with E-state index in [-0.39, 0.29) is 22.4 Å². The first kappa shape index (κ1) is 18.7. The normalized spacial score (nSPS) is 10.8. The smallest absolute Gasteiger partial charge is 0.348 e. The highest BCUT2D eigenvalue weighted by atomic mass is 127. The summed E-state index contributed by atoms with van der Waals surface area (Å²) in [7, 11) is 1.24. The second-order valence-corrected chi connectivity index (χ2v) is 7.54. The molecule has 0 spiro atoms. The van der Waals surface area contributed by atoms with Crippen LogP contribution in [0, 0.1) is 15.2 Å². The lowest BCUT2D eigenvalue weighted by atomic mass is 10.1. The second kappa shape index (κ2) is 7.67. The SMILES string of the molecule is COC(=O)c1sc2cccc(F)c2c1CNC(=O)c1cc(F)ccc1I. The van der Waals surface area contributed by atoms with Crippen LogP contribution in [-0.4, -0.2) is 19.0 Å². The lowest BCUT2D eigenvalue weighted by molar-refractivity contribution is 0.0604. The summed E-state index contributed by atoms with van der Waals surface area (Å²) in [5, 5.41) is 2.90. The van der Waals surface area contributed by atoms with Crippen molar-refractivity contribution in [3.8, 4) is 0 Å². The van der Waals surface area contributed by atoms with E-state index in [2.05, 4.69) is 5.32 Å². The van der Waals surface area contributed by atoms with Crippen molar-refractivity contribution in [3.05, 3.63) is 67.6 Å². The van der Waals surface area contributed by atoms with Crippen LogP contribution >= 0.6 is 33.9 Å². The molecule has 0 atom stereocenters. The van der Waals surface area contributed by atoms with Crippen LogP contribution in [0.3, 0.4) is 0 Å². The molecule has 2 aromatic carbocycles. The van der Waals surface area contributed by atoms with E-state index in [1.165, 1.54) is 25.3 Å². The third-order valence-corrected chi connectivity index (χ3v) is 5.85. The predicted molar refractivity (Wildman–Crippen MR) is 103 cm³/mol. The predicted octanol–water partition coefficient (Wildman–Crippen LogP) is 4.50. The van der Waals surface area contributed by atoms with E-state index in [4.69, 9.17) is 4.74 Å². The van der Waals surface area contributed by atoms with Gasteiger partial charge < -0.3 is 10.1 Å². The topological polar surface area (TPSA) is 55.4 Å². The third kappa shape index (κ3) is 3.56. The number of benzene rings is 2. The number of esters is 1. The maximum Gasteiger partial charge on any atom is 0.348 e. The Labute approximate surface area is 165 Å². The van der Waals surface area contributed by atoms with Crippen molar-refractivity contribution in [2.75, 3.05) is 7.11 Å². The molecule has 0 unspecified atom stereocenters. The fraction of sp³-hybridized carbons (Fsp3) is 0.111. The van der Waals surface area contributed by atoms with E-state index in [0.29, 0.717) is 13.8 Å². The van der Waals surface area contributed by atoms with E-state index < -0.39 is 23.5 Å². The van der Waals surface area contributed by atoms with Crippen LogP contribution in [0.4, 0.5) is 8.78 Å². The molecule has 1 amide bonds. The molecule has 0 saturated heterocycles. The van der Waals surface area contributed by atoms with E-state index in [1.807, 2.05) is 22.6 Å². The number of ether oxygens (including phenoxy) is 1. The number of nitrogens with one attached hydrogen (secondary N) is 1. The number of carbonyl (C=O) groups excluding carboxylic acids is 2. The number of thiophene rings is 1. The summed E-state index contributed by atoms with van der Waals surface area (Å²) < 4.78 is 33.6. The van der Waals surface area contributed by atoms with E-state index in [0.717, 1.165) is 17.4 Å². The summed E-state index contributed by atoms with van der Waals surface area (Å²) in [6.07, 6.45) is 0. The Morgan fingerprint density at radius 3 is 2.73 bits per heavy atom. The highest BCUT2D eigenvalue weighted by molar-refractivity contribution is 14.1. The zero-order valence-electron chi connectivity index (χ0n) is 13.4. The number of hydrogen-bond acceptors (Lipinski definition) is 4. The Balaban J connectivity index is 1.96. The molecule has 0 aliphatic rings. The molecule has 1 N–H and O–H groups in total. The Hall–Kier alpha value is -2.07. The van der Waals surface area contributed by atoms with Crippen molar-refractivity contribution in [2.45, 2.75) is 6.54 Å². The Bertz CT molecular complexity index is 1020. The van der Waals surface area contributed by atoms with E-state index >= 15 is 0 Å². The van der Waals surface area contributed by atoms with Crippen LogP contribution in [0.2, 0.25) is 0 Å². The van der Waals surface area contributed by atoms with Gasteiger partial charge in [0.2, 0.25) is 0 Å². The van der Waals surface area contributed by atoms with Gasteiger partial charge in [-0.05, 0) is 52.9 Å². The molecule has 3 rings (SSSR count). The number of rotatable bonds is 4. The zero-order chi connectivity index (χ0) is 18.8. The van der Waals surface area contributed by atoms with Gasteiger partial charge in [0.25, 0.3) is 5.91 Å². The molecule has 0 bridgehead atoms. The fourth-order valence-electron chi connectivity index (χ4n) is 2.53. The van der Waals surface area contributed by atoms with Gasteiger partial charge in [0.1, 0.15) is 16.5 Å². The van der Waals surface area contributed by atoms with Crippen LogP contribution in [0.1, 0.15) is 25.6 Å². The second-order valence-electron chi connectivity index (χ2n) is 5.32. The van der Waals surface area contributed by atoms with Crippen molar-refractivity contribution < 1.29 is 23.1 Å². The molecular formula is C18H12F2INO3S. The van der Waals surface area contributed by atoms with Gasteiger partial charge in [0, 0.05) is 25.8 Å². The van der Waals surface area contributed by atoms with Gasteiger partial charge in [0.05, 0.1) is 12.7 Å². The Morgan fingerprint density at radius 1 is 1.23 bits per heavy atom. The minimum absolute atomic E-state index is 0.0865. The van der Waals surface area contributed by atoms with Crippen molar-refractivity contribution in [3.63, 3.8) is 0 Å². The highest BCUT2D eigenvalue weighted by Crippen LogP contribution is 2.33. The average molecular weight is 487 g/mol. The molecule has 0 radical (unpaired) electrons. The highest BCUT2D eigenvalue weighted by Gasteiger charge is 2.22. The maximum atomic E-state index is 14.3. The molecule has 26 heavy (non-hydrogen) atoms. The standard InChI is InChI=1S/C18H12F2INO3S/c1-25-18(24)16-11(15-12(20)3-2-4-14(15)26-16)8-22-17(23)10-7-9(19)5-6-13(10)21/h2-7H,8H2,1H3,(H,22,23).